The Bertz CT molecular complexity index is 497. The fourth-order valence-corrected chi connectivity index (χ4v) is 2.74. The van der Waals surface area contributed by atoms with E-state index in [1.165, 1.54) is 5.56 Å². The van der Waals surface area contributed by atoms with Crippen molar-refractivity contribution in [3.8, 4) is 0 Å². The van der Waals surface area contributed by atoms with Gasteiger partial charge >= 0.3 is 0 Å². The molecule has 2 aromatic rings. The van der Waals surface area contributed by atoms with Crippen molar-refractivity contribution in [2.75, 3.05) is 0 Å². The fourth-order valence-electron chi connectivity index (χ4n) is 1.71. The Morgan fingerprint density at radius 2 is 1.67 bits per heavy atom. The van der Waals surface area contributed by atoms with Gasteiger partial charge in [-0.1, -0.05) is 45.0 Å². The first-order chi connectivity index (χ1) is 8.48. The zero-order valence-corrected chi connectivity index (χ0v) is 11.8. The highest BCUT2D eigenvalue weighted by Gasteiger charge is 2.17. The first-order valence-electron chi connectivity index (χ1n) is 5.97. The lowest BCUT2D eigenvalue weighted by Gasteiger charge is -2.19. The van der Waals surface area contributed by atoms with E-state index in [2.05, 4.69) is 39.0 Å². The summed E-state index contributed by atoms with van der Waals surface area (Å²) in [6.45, 7) is 6.52. The maximum atomic E-state index is 12.3. The standard InChI is InChI=1S/C16H17OS/c1-16(2,3)13-9-11-15(12-10-13)18(17)14-7-5-4-6-8-14/h4-5,7-12H,1-3H3. The van der Waals surface area contributed by atoms with Crippen LogP contribution in [-0.2, 0) is 16.6 Å². The van der Waals surface area contributed by atoms with Crippen LogP contribution in [0, 0.1) is 6.07 Å². The van der Waals surface area contributed by atoms with Crippen LogP contribution in [-0.4, -0.2) is 4.55 Å². The number of hydrogen-bond donors (Lipinski definition) is 0. The first kappa shape index (κ1) is 13.2. The minimum absolute atomic E-state index is 0.126. The Kier molecular flexibility index (Phi) is 3.79. The lowest BCUT2D eigenvalue weighted by Crippen LogP contribution is -2.11. The lowest BCUT2D eigenvalue weighted by atomic mass is 9.87. The lowest BCUT2D eigenvalue weighted by molar-refractivity contribution is 0.586. The molecule has 0 bridgehead atoms. The van der Waals surface area contributed by atoms with Gasteiger partial charge in [-0.3, -0.25) is 0 Å². The molecule has 0 fully saturated rings. The van der Waals surface area contributed by atoms with E-state index in [1.54, 1.807) is 6.07 Å². The number of rotatable bonds is 2. The maximum Gasteiger partial charge on any atom is 0.159 e. The molecule has 0 aliphatic heterocycles. The maximum absolute atomic E-state index is 12.3. The van der Waals surface area contributed by atoms with E-state index < -0.39 is 11.2 Å². The van der Waals surface area contributed by atoms with Gasteiger partial charge in [0.05, 0.1) is 0 Å². The molecule has 0 amide bonds. The third-order valence-electron chi connectivity index (χ3n) is 2.83. The molecular weight excluding hydrogens is 240 g/mol. The molecule has 1 radical (unpaired) electrons. The Morgan fingerprint density at radius 1 is 1.00 bits per heavy atom. The van der Waals surface area contributed by atoms with Gasteiger partial charge in [-0.15, -0.1) is 0 Å². The Labute approximate surface area is 112 Å². The third kappa shape index (κ3) is 2.95. The molecular formula is C16H17OS. The summed E-state index contributed by atoms with van der Waals surface area (Å²) in [6.07, 6.45) is 0. The monoisotopic (exact) mass is 257 g/mol. The molecule has 0 N–H and O–H groups in total. The van der Waals surface area contributed by atoms with Crippen molar-refractivity contribution in [3.05, 3.63) is 60.2 Å². The smallest absolute Gasteiger partial charge is 0.159 e. The molecule has 0 heterocycles. The van der Waals surface area contributed by atoms with Crippen LogP contribution >= 0.6 is 0 Å². The van der Waals surface area contributed by atoms with Crippen molar-refractivity contribution >= 4 is 11.2 Å². The van der Waals surface area contributed by atoms with Gasteiger partial charge < -0.3 is 4.55 Å². The summed E-state index contributed by atoms with van der Waals surface area (Å²) >= 11 is -1.11. The molecule has 18 heavy (non-hydrogen) atoms. The summed E-state index contributed by atoms with van der Waals surface area (Å²) in [5.74, 6) is 0. The van der Waals surface area contributed by atoms with Crippen molar-refractivity contribution in [1.82, 2.24) is 0 Å². The largest absolute Gasteiger partial charge is 0.606 e. The molecule has 0 saturated carbocycles. The zero-order chi connectivity index (χ0) is 13.2. The van der Waals surface area contributed by atoms with Gasteiger partial charge in [-0.25, -0.2) is 0 Å². The van der Waals surface area contributed by atoms with Crippen molar-refractivity contribution in [3.63, 3.8) is 0 Å². The minimum atomic E-state index is -1.11. The molecule has 0 saturated heterocycles. The second kappa shape index (κ2) is 5.17. The van der Waals surface area contributed by atoms with Crippen LogP contribution in [0.15, 0.2) is 58.3 Å². The molecule has 0 aromatic heterocycles. The highest BCUT2D eigenvalue weighted by atomic mass is 32.2. The Morgan fingerprint density at radius 3 is 2.17 bits per heavy atom. The average Bonchev–Trinajstić information content (AvgIpc) is 2.38. The number of benzene rings is 2. The average molecular weight is 257 g/mol. The van der Waals surface area contributed by atoms with Crippen LogP contribution in [0.2, 0.25) is 0 Å². The second-order valence-corrected chi connectivity index (χ2v) is 6.76. The predicted molar refractivity (Wildman–Crippen MR) is 75.1 cm³/mol. The molecule has 2 heteroatoms. The van der Waals surface area contributed by atoms with Crippen LogP contribution in [0.4, 0.5) is 0 Å². The van der Waals surface area contributed by atoms with Crippen LogP contribution in [0.5, 0.6) is 0 Å². The topological polar surface area (TPSA) is 23.1 Å². The van der Waals surface area contributed by atoms with E-state index >= 15 is 0 Å². The van der Waals surface area contributed by atoms with Crippen molar-refractivity contribution in [2.45, 2.75) is 36.0 Å². The van der Waals surface area contributed by atoms with Crippen LogP contribution in [0.25, 0.3) is 0 Å². The highest BCUT2D eigenvalue weighted by Crippen LogP contribution is 2.25. The highest BCUT2D eigenvalue weighted by molar-refractivity contribution is 7.91. The van der Waals surface area contributed by atoms with Gasteiger partial charge in [0.25, 0.3) is 0 Å². The quantitative estimate of drug-likeness (QED) is 0.747. The second-order valence-electron chi connectivity index (χ2n) is 5.28. The SMILES string of the molecule is CC(C)(C)c1ccc([S+]([O-])c2c[c]ccc2)cc1. The zero-order valence-electron chi connectivity index (χ0n) is 10.9. The number of hydrogen-bond acceptors (Lipinski definition) is 1. The van der Waals surface area contributed by atoms with Crippen LogP contribution in [0.3, 0.4) is 0 Å². The van der Waals surface area contributed by atoms with Gasteiger partial charge in [0.15, 0.2) is 9.79 Å². The van der Waals surface area contributed by atoms with E-state index in [1.807, 2.05) is 30.3 Å². The molecule has 2 rings (SSSR count). The molecule has 0 aliphatic carbocycles. The summed E-state index contributed by atoms with van der Waals surface area (Å²) in [5.41, 5.74) is 1.38. The predicted octanol–water partition coefficient (Wildman–Crippen LogP) is 3.95. The van der Waals surface area contributed by atoms with E-state index in [0.717, 1.165) is 9.79 Å². The van der Waals surface area contributed by atoms with Crippen molar-refractivity contribution in [1.29, 1.82) is 0 Å². The minimum Gasteiger partial charge on any atom is -0.606 e. The Balaban J connectivity index is 2.25. The fraction of sp³-hybridized carbons (Fsp3) is 0.250. The summed E-state index contributed by atoms with van der Waals surface area (Å²) < 4.78 is 12.3. The van der Waals surface area contributed by atoms with Gasteiger partial charge in [0.1, 0.15) is 0 Å². The van der Waals surface area contributed by atoms with Gasteiger partial charge in [-0.2, -0.15) is 0 Å². The summed E-state index contributed by atoms with van der Waals surface area (Å²) in [4.78, 5) is 1.63. The molecule has 1 atom stereocenters. The molecule has 1 nitrogen and oxygen atoms in total. The van der Waals surface area contributed by atoms with Crippen molar-refractivity contribution < 1.29 is 4.55 Å². The molecule has 0 aliphatic rings. The summed E-state index contributed by atoms with van der Waals surface area (Å²) in [5, 5.41) is 0. The third-order valence-corrected chi connectivity index (χ3v) is 4.21. The summed E-state index contributed by atoms with van der Waals surface area (Å²) in [7, 11) is 0. The Hall–Kier alpha value is -1.25. The van der Waals surface area contributed by atoms with E-state index in [0.29, 0.717) is 0 Å². The molecule has 2 aromatic carbocycles. The van der Waals surface area contributed by atoms with Crippen LogP contribution < -0.4 is 0 Å². The molecule has 93 valence electrons. The van der Waals surface area contributed by atoms with Gasteiger partial charge in [0.2, 0.25) is 0 Å². The van der Waals surface area contributed by atoms with Crippen LogP contribution in [0.1, 0.15) is 26.3 Å². The molecule has 0 spiro atoms. The molecule has 1 unspecified atom stereocenters. The summed E-state index contributed by atoms with van der Waals surface area (Å²) in [6, 6.07) is 18.3. The van der Waals surface area contributed by atoms with Gasteiger partial charge in [-0.05, 0) is 35.2 Å². The van der Waals surface area contributed by atoms with Crippen molar-refractivity contribution in [2.24, 2.45) is 0 Å². The van der Waals surface area contributed by atoms with Gasteiger partial charge in [0, 0.05) is 17.2 Å². The normalized spacial score (nSPS) is 13.3. The van der Waals surface area contributed by atoms with E-state index in [-0.39, 0.29) is 5.41 Å². The van der Waals surface area contributed by atoms with E-state index in [9.17, 15) is 4.55 Å². The van der Waals surface area contributed by atoms with E-state index in [4.69, 9.17) is 0 Å². The first-order valence-corrected chi connectivity index (χ1v) is 7.12.